The van der Waals surface area contributed by atoms with Crippen LogP contribution in [-0.4, -0.2) is 15.4 Å². The van der Waals surface area contributed by atoms with E-state index >= 15 is 0 Å². The number of nitrogens with zero attached hydrogens (tertiary/aromatic N) is 4. The minimum atomic E-state index is -1.58. The van der Waals surface area contributed by atoms with Gasteiger partial charge in [-0.05, 0) is 61.2 Å². The molecule has 2 aliphatic heterocycles. The molecule has 7 rings (SSSR count). The van der Waals surface area contributed by atoms with Crippen LogP contribution in [0.4, 0.5) is 22.7 Å². The van der Waals surface area contributed by atoms with E-state index in [1.807, 2.05) is 97.9 Å². The summed E-state index contributed by atoms with van der Waals surface area (Å²) in [7, 11) is 0. The van der Waals surface area contributed by atoms with Gasteiger partial charge >= 0.3 is 6.03 Å². The Hall–Kier alpha value is -5.10. The van der Waals surface area contributed by atoms with Crippen LogP contribution in [0.2, 0.25) is 0 Å². The Morgan fingerprint density at radius 1 is 0.550 bits per heavy atom. The van der Waals surface area contributed by atoms with Gasteiger partial charge in [0.2, 0.25) is 11.4 Å². The van der Waals surface area contributed by atoms with Crippen LogP contribution >= 0.6 is 0 Å². The van der Waals surface area contributed by atoms with Gasteiger partial charge in [0.15, 0.2) is 22.9 Å². The first-order valence-electron chi connectivity index (χ1n) is 13.3. The highest BCUT2D eigenvalue weighted by molar-refractivity contribution is 5.78. The first-order chi connectivity index (χ1) is 19.5. The van der Waals surface area contributed by atoms with Crippen LogP contribution in [0.5, 0.6) is 11.5 Å². The van der Waals surface area contributed by atoms with E-state index in [1.165, 1.54) is 0 Å². The molecule has 0 saturated heterocycles. The molecule has 1 spiro atoms. The number of hydrogen-bond donors (Lipinski definition) is 0. The molecule has 40 heavy (non-hydrogen) atoms. The van der Waals surface area contributed by atoms with Gasteiger partial charge in [0.25, 0.3) is 0 Å². The molecule has 0 N–H and O–H groups in total. The summed E-state index contributed by atoms with van der Waals surface area (Å²) in [5.74, 6) is 1.29. The summed E-state index contributed by atoms with van der Waals surface area (Å²) in [6.45, 7) is 6.17. The van der Waals surface area contributed by atoms with Crippen molar-refractivity contribution in [2.24, 2.45) is 10.2 Å². The number of para-hydroxylation sites is 2. The number of rotatable bonds is 3. The highest BCUT2D eigenvalue weighted by atomic mass is 16.8. The average molecular weight is 525 g/mol. The summed E-state index contributed by atoms with van der Waals surface area (Å²) in [4.78, 5) is 0. The predicted octanol–water partition coefficient (Wildman–Crippen LogP) is 9.23. The van der Waals surface area contributed by atoms with E-state index in [1.54, 1.807) is 9.39 Å². The zero-order chi connectivity index (χ0) is 27.3. The van der Waals surface area contributed by atoms with E-state index in [-0.39, 0.29) is 0 Å². The van der Waals surface area contributed by atoms with Gasteiger partial charge in [-0.2, -0.15) is 0 Å². The molecule has 0 bridgehead atoms. The van der Waals surface area contributed by atoms with Crippen LogP contribution in [0.25, 0.3) is 11.1 Å². The maximum Gasteiger partial charge on any atom is 0.762 e. The van der Waals surface area contributed by atoms with Crippen molar-refractivity contribution < 1.29 is 18.9 Å². The zero-order valence-corrected chi connectivity index (χ0v) is 22.6. The Morgan fingerprint density at radius 2 is 1.02 bits per heavy atom. The second-order valence-electron chi connectivity index (χ2n) is 10.2. The van der Waals surface area contributed by atoms with Crippen LogP contribution in [0.3, 0.4) is 0 Å². The quantitative estimate of drug-likeness (QED) is 0.221. The molecular weight excluding hydrogens is 496 g/mol. The Labute approximate surface area is 233 Å². The van der Waals surface area contributed by atoms with Gasteiger partial charge in [-0.25, -0.2) is 0 Å². The van der Waals surface area contributed by atoms with Gasteiger partial charge in [-0.1, -0.05) is 72.8 Å². The van der Waals surface area contributed by atoms with E-state index in [2.05, 4.69) is 38.1 Å². The Bertz CT molecular complexity index is 1820. The van der Waals surface area contributed by atoms with Crippen LogP contribution < -0.4 is 9.47 Å². The van der Waals surface area contributed by atoms with E-state index in [0.717, 1.165) is 50.6 Å². The summed E-state index contributed by atoms with van der Waals surface area (Å²) in [6, 6.07) is 36.8. The van der Waals surface area contributed by atoms with Crippen molar-refractivity contribution in [2.75, 3.05) is 0 Å². The summed E-state index contributed by atoms with van der Waals surface area (Å²) >= 11 is 0. The molecule has 5 aromatic rings. The van der Waals surface area contributed by atoms with Crippen molar-refractivity contribution in [1.29, 1.82) is 0 Å². The topological polar surface area (TPSA) is 49.2 Å². The molecule has 0 radical (unpaired) electrons. The number of azo groups is 4. The maximum atomic E-state index is 7.12. The Kier molecular flexibility index (Phi) is 5.56. The number of ether oxygens (including phenoxy) is 2. The van der Waals surface area contributed by atoms with Crippen molar-refractivity contribution >= 4 is 22.7 Å². The third-order valence-corrected chi connectivity index (χ3v) is 7.12. The molecule has 2 aliphatic rings. The predicted molar refractivity (Wildman–Crippen MR) is 153 cm³/mol. The average Bonchev–Trinajstić information content (AvgIpc) is 2.98. The van der Waals surface area contributed by atoms with Crippen molar-refractivity contribution in [2.45, 2.75) is 26.8 Å². The van der Waals surface area contributed by atoms with E-state index < -0.39 is 6.03 Å². The molecule has 0 saturated carbocycles. The second-order valence-corrected chi connectivity index (χ2v) is 10.2. The number of aryl methyl sites for hydroxylation is 3. The van der Waals surface area contributed by atoms with Gasteiger partial charge < -0.3 is 9.47 Å². The smallest absolute Gasteiger partial charge is 0.334 e. The summed E-state index contributed by atoms with van der Waals surface area (Å²) < 4.78 is 17.7. The third kappa shape index (κ3) is 3.88. The molecule has 1 atom stereocenters. The lowest BCUT2D eigenvalue weighted by molar-refractivity contribution is -0.902. The van der Waals surface area contributed by atoms with Gasteiger partial charge in [-0.15, -0.1) is 0 Å². The van der Waals surface area contributed by atoms with Crippen LogP contribution in [0.15, 0.2) is 125 Å². The molecular formula is C34H28N4O2+2. The maximum absolute atomic E-state index is 7.12. The van der Waals surface area contributed by atoms with Crippen LogP contribution in [-0.2, 0) is 0 Å². The van der Waals surface area contributed by atoms with Gasteiger partial charge in [0.05, 0.1) is 9.39 Å². The third-order valence-electron chi connectivity index (χ3n) is 7.12. The lowest BCUT2D eigenvalue weighted by Crippen LogP contribution is -2.59. The van der Waals surface area contributed by atoms with Crippen LogP contribution in [0.1, 0.15) is 16.7 Å². The second kappa shape index (κ2) is 9.27. The molecule has 2 heterocycles. The SMILES string of the molecule is Cc1cc(C)c2c(c1)N=[N+](c1ccccc1)[C@]1(O2)Oc2c(cc(C)cc2-c2ccccc2)N=[N+]1c1ccccc1. The van der Waals surface area contributed by atoms with Gasteiger partial charge in [0.1, 0.15) is 0 Å². The monoisotopic (exact) mass is 524 g/mol. The fourth-order valence-corrected chi connectivity index (χ4v) is 5.38. The Balaban J connectivity index is 1.56. The molecule has 0 unspecified atom stereocenters. The van der Waals surface area contributed by atoms with Crippen molar-refractivity contribution in [3.63, 3.8) is 0 Å². The normalized spacial score (nSPS) is 17.2. The molecule has 6 nitrogen and oxygen atoms in total. The fraction of sp³-hybridized carbons (Fsp3) is 0.118. The zero-order valence-electron chi connectivity index (χ0n) is 22.6. The highest BCUT2D eigenvalue weighted by Crippen LogP contribution is 2.51. The van der Waals surface area contributed by atoms with Crippen molar-refractivity contribution in [3.8, 4) is 22.6 Å². The lowest BCUT2D eigenvalue weighted by Gasteiger charge is -2.29. The first-order valence-corrected chi connectivity index (χ1v) is 13.3. The number of fused-ring (bicyclic) bond motifs is 2. The summed E-state index contributed by atoms with van der Waals surface area (Å²) in [5, 5.41) is 10.4. The van der Waals surface area contributed by atoms with E-state index in [4.69, 9.17) is 19.7 Å². The molecule has 5 aromatic carbocycles. The largest absolute Gasteiger partial charge is 0.762 e. The summed E-state index contributed by atoms with van der Waals surface area (Å²) in [5.41, 5.74) is 8.20. The molecule has 0 amide bonds. The van der Waals surface area contributed by atoms with Gasteiger partial charge in [0, 0.05) is 40.1 Å². The van der Waals surface area contributed by atoms with Crippen LogP contribution in [0, 0.1) is 20.8 Å². The summed E-state index contributed by atoms with van der Waals surface area (Å²) in [6.07, 6.45) is 0. The molecule has 0 fully saturated rings. The molecule has 6 heteroatoms. The minimum Gasteiger partial charge on any atom is -0.334 e. The van der Waals surface area contributed by atoms with Gasteiger partial charge in [-0.3, -0.25) is 0 Å². The fourth-order valence-electron chi connectivity index (χ4n) is 5.38. The van der Waals surface area contributed by atoms with Crippen molar-refractivity contribution in [3.05, 3.63) is 132 Å². The molecule has 194 valence electrons. The number of benzene rings is 5. The number of hydrogen-bond acceptors (Lipinski definition) is 4. The molecule has 0 aliphatic carbocycles. The van der Waals surface area contributed by atoms with Crippen molar-refractivity contribution in [1.82, 2.24) is 0 Å². The van der Waals surface area contributed by atoms with E-state index in [9.17, 15) is 0 Å². The standard InChI is InChI=1S/C34H28N4O2/c1-23-19-25(3)32-30(21-23)35-37(27-15-9-5-10-16-27)34(39-32)38(28-17-11-6-12-18-28)36-31-22-24(2)20-29(33(31)40-34)26-13-7-4-8-14-26/h4-22H,1-3H3/q+2/t34-/m0/s1. The first kappa shape index (κ1) is 24.0. The lowest BCUT2D eigenvalue weighted by atomic mass is 10.0. The molecule has 0 aromatic heterocycles. The minimum absolute atomic E-state index is 0.633. The van der Waals surface area contributed by atoms with E-state index in [0.29, 0.717) is 11.5 Å². The highest BCUT2D eigenvalue weighted by Gasteiger charge is 2.71. The Morgan fingerprint density at radius 3 is 1.60 bits per heavy atom.